The monoisotopic (exact) mass is 501 g/mol. The van der Waals surface area contributed by atoms with Crippen LogP contribution < -0.4 is 10.1 Å². The van der Waals surface area contributed by atoms with E-state index in [0.717, 1.165) is 33.6 Å². The molecule has 5 rings (SSSR count). The molecule has 1 amide bonds. The minimum atomic E-state index is -0.960. The second-order valence-electron chi connectivity index (χ2n) is 9.02. The first kappa shape index (κ1) is 24.5. The maximum atomic E-state index is 11.6. The van der Waals surface area contributed by atoms with E-state index in [1.165, 1.54) is 4.90 Å². The van der Waals surface area contributed by atoms with Gasteiger partial charge in [0.2, 0.25) is 11.8 Å². The van der Waals surface area contributed by atoms with Gasteiger partial charge in [-0.3, -0.25) is 0 Å². The van der Waals surface area contributed by atoms with E-state index in [2.05, 4.69) is 16.4 Å². The third kappa shape index (κ3) is 5.33. The molecule has 0 unspecified atom stereocenters. The van der Waals surface area contributed by atoms with E-state index in [4.69, 9.17) is 24.5 Å². The molecule has 10 heteroatoms. The van der Waals surface area contributed by atoms with Gasteiger partial charge in [-0.2, -0.15) is 10.2 Å². The van der Waals surface area contributed by atoms with Gasteiger partial charge in [0.25, 0.3) is 0 Å². The Kier molecular flexibility index (Phi) is 6.90. The molecule has 1 aromatic heterocycles. The molecule has 2 aliphatic rings. The van der Waals surface area contributed by atoms with Crippen molar-refractivity contribution in [1.82, 2.24) is 14.9 Å². The third-order valence-corrected chi connectivity index (χ3v) is 6.42. The van der Waals surface area contributed by atoms with Crippen LogP contribution in [-0.2, 0) is 22.3 Å². The van der Waals surface area contributed by atoms with E-state index in [-0.39, 0.29) is 6.29 Å². The van der Waals surface area contributed by atoms with Gasteiger partial charge in [-0.25, -0.2) is 9.78 Å². The largest absolute Gasteiger partial charge is 0.465 e. The topological polar surface area (TPSA) is 130 Å². The number of benzene rings is 2. The molecule has 2 aliphatic heterocycles. The lowest BCUT2D eigenvalue weighted by Crippen LogP contribution is -2.31. The number of carbonyl (C=O) groups is 1. The van der Waals surface area contributed by atoms with Crippen molar-refractivity contribution in [3.05, 3.63) is 69.9 Å². The number of aromatic nitrogens is 2. The van der Waals surface area contributed by atoms with E-state index < -0.39 is 6.09 Å². The maximum absolute atomic E-state index is 11.6. The molecule has 10 nitrogen and oxygen atoms in total. The fraction of sp³-hybridized carbons (Fsp3) is 0.333. The molecule has 1 saturated heterocycles. The number of nitrogens with zero attached hydrogens (tertiary/aromatic N) is 4. The molecule has 0 bridgehead atoms. The Morgan fingerprint density at radius 2 is 1.78 bits per heavy atom. The highest BCUT2D eigenvalue weighted by molar-refractivity contribution is 5.65. The number of carboxylic acid groups (broad SMARTS) is 1. The molecule has 0 aliphatic carbocycles. The van der Waals surface area contributed by atoms with Crippen LogP contribution in [0.2, 0.25) is 0 Å². The van der Waals surface area contributed by atoms with Crippen molar-refractivity contribution in [3.8, 4) is 17.7 Å². The summed E-state index contributed by atoms with van der Waals surface area (Å²) in [5, 5.41) is 21.8. The normalized spacial score (nSPS) is 15.5. The maximum Gasteiger partial charge on any atom is 0.407 e. The molecular weight excluding hydrogens is 474 g/mol. The van der Waals surface area contributed by atoms with Crippen LogP contribution in [0, 0.1) is 25.2 Å². The number of fused-ring (bicyclic) bond motifs is 1. The summed E-state index contributed by atoms with van der Waals surface area (Å²) in [7, 11) is 0. The Morgan fingerprint density at radius 1 is 1.11 bits per heavy atom. The number of nitriles is 1. The van der Waals surface area contributed by atoms with Crippen LogP contribution in [0.4, 0.5) is 16.4 Å². The number of ether oxygens (including phenoxy) is 3. The Balaban J connectivity index is 1.50. The van der Waals surface area contributed by atoms with Gasteiger partial charge in [0.1, 0.15) is 5.75 Å². The average molecular weight is 502 g/mol. The number of aryl methyl sites for hydroxylation is 2. The number of nitrogens with one attached hydrogen (secondary N) is 1. The molecule has 3 aromatic rings. The first-order valence-electron chi connectivity index (χ1n) is 12.1. The van der Waals surface area contributed by atoms with Crippen molar-refractivity contribution in [2.75, 3.05) is 31.6 Å². The fourth-order valence-electron chi connectivity index (χ4n) is 4.58. The van der Waals surface area contributed by atoms with Crippen molar-refractivity contribution in [2.24, 2.45) is 0 Å². The molecular formula is C27H27N5O5. The van der Waals surface area contributed by atoms with Gasteiger partial charge in [-0.1, -0.05) is 0 Å². The van der Waals surface area contributed by atoms with Gasteiger partial charge in [0, 0.05) is 36.3 Å². The van der Waals surface area contributed by atoms with Gasteiger partial charge in [0.05, 0.1) is 30.5 Å². The summed E-state index contributed by atoms with van der Waals surface area (Å²) in [4.78, 5) is 22.4. The number of hydrogen-bond donors (Lipinski definition) is 2. The van der Waals surface area contributed by atoms with Crippen molar-refractivity contribution >= 4 is 17.7 Å². The zero-order valence-electron chi connectivity index (χ0n) is 20.7. The van der Waals surface area contributed by atoms with Crippen LogP contribution in [0.3, 0.4) is 0 Å². The zero-order chi connectivity index (χ0) is 25.9. The van der Waals surface area contributed by atoms with Crippen LogP contribution >= 0.6 is 0 Å². The van der Waals surface area contributed by atoms with E-state index in [1.807, 2.05) is 26.0 Å². The van der Waals surface area contributed by atoms with E-state index >= 15 is 0 Å². The van der Waals surface area contributed by atoms with Crippen LogP contribution in [-0.4, -0.2) is 52.4 Å². The fourth-order valence-corrected chi connectivity index (χ4v) is 4.58. The second kappa shape index (κ2) is 10.4. The quantitative estimate of drug-likeness (QED) is 0.514. The second-order valence-corrected chi connectivity index (χ2v) is 9.02. The predicted molar refractivity (Wildman–Crippen MR) is 134 cm³/mol. The molecule has 190 valence electrons. The number of hydrogen-bond acceptors (Lipinski definition) is 8. The molecule has 0 atom stereocenters. The van der Waals surface area contributed by atoms with E-state index in [9.17, 15) is 9.90 Å². The van der Waals surface area contributed by atoms with Crippen LogP contribution in [0.25, 0.3) is 0 Å². The highest BCUT2D eigenvalue weighted by atomic mass is 16.7. The highest BCUT2D eigenvalue weighted by Crippen LogP contribution is 2.36. The minimum Gasteiger partial charge on any atom is -0.465 e. The molecule has 0 spiro atoms. The van der Waals surface area contributed by atoms with Gasteiger partial charge in [-0.05, 0) is 67.8 Å². The van der Waals surface area contributed by atoms with Crippen molar-refractivity contribution in [2.45, 2.75) is 33.0 Å². The number of rotatable bonds is 5. The Bertz CT molecular complexity index is 1340. The lowest BCUT2D eigenvalue weighted by Gasteiger charge is -2.19. The average Bonchev–Trinajstić information content (AvgIpc) is 3.33. The van der Waals surface area contributed by atoms with Crippen LogP contribution in [0.5, 0.6) is 11.6 Å². The summed E-state index contributed by atoms with van der Waals surface area (Å²) < 4.78 is 17.7. The lowest BCUT2D eigenvalue weighted by molar-refractivity contribution is -0.0442. The van der Waals surface area contributed by atoms with Crippen LogP contribution in [0.15, 0.2) is 36.4 Å². The van der Waals surface area contributed by atoms with Crippen molar-refractivity contribution in [3.63, 3.8) is 0 Å². The number of anilines is 2. The summed E-state index contributed by atoms with van der Waals surface area (Å²) >= 11 is 0. The molecule has 2 N–H and O–H groups in total. The Morgan fingerprint density at radius 3 is 2.43 bits per heavy atom. The summed E-state index contributed by atoms with van der Waals surface area (Å²) in [6, 6.07) is 13.0. The first-order valence-corrected chi connectivity index (χ1v) is 12.1. The van der Waals surface area contributed by atoms with Gasteiger partial charge in [0.15, 0.2) is 6.29 Å². The lowest BCUT2D eigenvalue weighted by atomic mass is 10.0. The Hall–Kier alpha value is -4.20. The van der Waals surface area contributed by atoms with Crippen molar-refractivity contribution < 1.29 is 24.1 Å². The number of amides is 1. The molecule has 1 fully saturated rings. The van der Waals surface area contributed by atoms with Crippen LogP contribution in [0.1, 0.15) is 39.8 Å². The molecule has 2 aromatic carbocycles. The van der Waals surface area contributed by atoms with E-state index in [1.54, 1.807) is 24.3 Å². The summed E-state index contributed by atoms with van der Waals surface area (Å²) in [6.07, 6.45) is -0.464. The zero-order valence-corrected chi connectivity index (χ0v) is 20.7. The van der Waals surface area contributed by atoms with Gasteiger partial charge >= 0.3 is 6.09 Å². The summed E-state index contributed by atoms with van der Waals surface area (Å²) in [5.41, 5.74) is 5.55. The smallest absolute Gasteiger partial charge is 0.407 e. The predicted octanol–water partition coefficient (Wildman–Crippen LogP) is 4.63. The SMILES string of the molecule is Cc1cc(C2OCCO2)cc(C)c1Oc1nc(Nc2ccc(C#N)cc2)nc2c1CCN(C(=O)O)CC2. The molecule has 3 heterocycles. The van der Waals surface area contributed by atoms with Gasteiger partial charge in [-0.15, -0.1) is 0 Å². The standard InChI is InChI=1S/C27H27N5O5/c1-16-13-19(25-35-11-12-36-25)14-17(2)23(16)37-24-21-7-9-32(27(33)34)10-8-22(21)30-26(31-24)29-20-5-3-18(15-28)4-6-20/h3-6,13-14,25H,7-12H2,1-2H3,(H,33,34)(H,29,30,31). The highest BCUT2D eigenvalue weighted by Gasteiger charge is 2.25. The molecule has 37 heavy (non-hydrogen) atoms. The molecule has 0 radical (unpaired) electrons. The Labute approximate surface area is 214 Å². The first-order chi connectivity index (χ1) is 17.9. The van der Waals surface area contributed by atoms with E-state index in [0.29, 0.717) is 62.3 Å². The van der Waals surface area contributed by atoms with Crippen molar-refractivity contribution in [1.29, 1.82) is 5.26 Å². The third-order valence-electron chi connectivity index (χ3n) is 6.42. The summed E-state index contributed by atoms with van der Waals surface area (Å²) in [6.45, 7) is 5.72. The van der Waals surface area contributed by atoms with Gasteiger partial charge < -0.3 is 29.5 Å². The summed E-state index contributed by atoms with van der Waals surface area (Å²) in [5.74, 6) is 1.40. The minimum absolute atomic E-state index is 0.331. The molecule has 0 saturated carbocycles.